The Labute approximate surface area is 156 Å². The van der Waals surface area contributed by atoms with Crippen LogP contribution in [-0.4, -0.2) is 47.0 Å². The highest BCUT2D eigenvalue weighted by atomic mass is 19.4. The van der Waals surface area contributed by atoms with Crippen molar-refractivity contribution in [2.45, 2.75) is 32.9 Å². The van der Waals surface area contributed by atoms with Crippen molar-refractivity contribution in [2.75, 3.05) is 31.1 Å². The van der Waals surface area contributed by atoms with E-state index in [1.54, 1.807) is 28.0 Å². The zero-order valence-electron chi connectivity index (χ0n) is 15.5. The predicted octanol–water partition coefficient (Wildman–Crippen LogP) is 3.73. The molecule has 1 aliphatic rings. The molecule has 1 aliphatic heterocycles. The molecule has 1 aromatic carbocycles. The fraction of sp³-hybridized carbons (Fsp3) is 0.526. The number of carbonyl (C=O) groups excluding carboxylic acids is 1. The topological polar surface area (TPSA) is 49.3 Å². The molecule has 0 saturated carbocycles. The molecule has 3 rings (SSSR count). The normalized spacial score (nSPS) is 15.6. The predicted molar refractivity (Wildman–Crippen MR) is 97.4 cm³/mol. The number of hydrogen-bond acceptors (Lipinski definition) is 4. The average Bonchev–Trinajstić information content (AvgIpc) is 2.67. The number of piperazine rings is 1. The first-order valence-electron chi connectivity index (χ1n) is 9.22. The van der Waals surface area contributed by atoms with E-state index in [0.29, 0.717) is 31.7 Å². The number of hydrogen-bond donors (Lipinski definition) is 0. The summed E-state index contributed by atoms with van der Waals surface area (Å²) in [5.41, 5.74) is -0.326. The average molecular weight is 380 g/mol. The standard InChI is InChI=1S/C19H23F3N4O/c1-3-13(4-2)18(27)26-11-9-25(10-12-26)17-16(19(20,21)22)23-14-7-5-6-8-15(14)24-17/h5-8,13H,3-4,9-12H2,1-2H3. The summed E-state index contributed by atoms with van der Waals surface area (Å²) >= 11 is 0. The molecule has 1 fully saturated rings. The zero-order valence-corrected chi connectivity index (χ0v) is 15.5. The number of anilines is 1. The largest absolute Gasteiger partial charge is 0.437 e. The van der Waals surface area contributed by atoms with E-state index in [1.165, 1.54) is 6.07 Å². The second-order valence-corrected chi connectivity index (χ2v) is 6.71. The van der Waals surface area contributed by atoms with Crippen molar-refractivity contribution in [3.8, 4) is 0 Å². The van der Waals surface area contributed by atoms with Gasteiger partial charge in [0.05, 0.1) is 11.0 Å². The Hall–Kier alpha value is -2.38. The Kier molecular flexibility index (Phi) is 5.53. The van der Waals surface area contributed by atoms with Gasteiger partial charge in [-0.05, 0) is 25.0 Å². The van der Waals surface area contributed by atoms with Gasteiger partial charge in [0.15, 0.2) is 11.5 Å². The maximum Gasteiger partial charge on any atom is 0.437 e. The van der Waals surface area contributed by atoms with Crippen LogP contribution in [-0.2, 0) is 11.0 Å². The second-order valence-electron chi connectivity index (χ2n) is 6.71. The van der Waals surface area contributed by atoms with Gasteiger partial charge in [-0.1, -0.05) is 26.0 Å². The summed E-state index contributed by atoms with van der Waals surface area (Å²) in [4.78, 5) is 23.9. The first-order valence-corrected chi connectivity index (χ1v) is 9.22. The van der Waals surface area contributed by atoms with Gasteiger partial charge in [-0.2, -0.15) is 13.2 Å². The third-order valence-corrected chi connectivity index (χ3v) is 5.05. The Bertz CT molecular complexity index is 812. The molecular weight excluding hydrogens is 357 g/mol. The maximum absolute atomic E-state index is 13.5. The number of nitrogens with zero attached hydrogens (tertiary/aromatic N) is 4. The summed E-state index contributed by atoms with van der Waals surface area (Å²) in [6, 6.07) is 6.53. The van der Waals surface area contributed by atoms with Crippen LogP contribution in [0.15, 0.2) is 24.3 Å². The molecule has 0 radical (unpaired) electrons. The Morgan fingerprint density at radius 2 is 1.59 bits per heavy atom. The summed E-state index contributed by atoms with van der Waals surface area (Å²) in [6.45, 7) is 5.34. The second kappa shape index (κ2) is 7.70. The number of fused-ring (bicyclic) bond motifs is 1. The summed E-state index contributed by atoms with van der Waals surface area (Å²) in [7, 11) is 0. The number of halogens is 3. The van der Waals surface area contributed by atoms with Crippen LogP contribution in [0.3, 0.4) is 0 Å². The number of rotatable bonds is 4. The number of alkyl halides is 3. The molecule has 1 amide bonds. The molecule has 0 bridgehead atoms. The monoisotopic (exact) mass is 380 g/mol. The van der Waals surface area contributed by atoms with E-state index in [9.17, 15) is 18.0 Å². The van der Waals surface area contributed by atoms with Gasteiger partial charge < -0.3 is 9.80 Å². The molecule has 1 saturated heterocycles. The van der Waals surface area contributed by atoms with Gasteiger partial charge in [-0.25, -0.2) is 9.97 Å². The first kappa shape index (κ1) is 19.4. The lowest BCUT2D eigenvalue weighted by molar-refractivity contribution is -0.141. The lowest BCUT2D eigenvalue weighted by atomic mass is 10.0. The summed E-state index contributed by atoms with van der Waals surface area (Å²) < 4.78 is 40.6. The Morgan fingerprint density at radius 3 is 2.11 bits per heavy atom. The highest BCUT2D eigenvalue weighted by molar-refractivity contribution is 5.79. The molecule has 8 heteroatoms. The number of carbonyl (C=O) groups is 1. The third kappa shape index (κ3) is 3.99. The van der Waals surface area contributed by atoms with Crippen molar-refractivity contribution in [2.24, 2.45) is 5.92 Å². The fourth-order valence-corrected chi connectivity index (χ4v) is 3.44. The molecule has 1 aromatic heterocycles. The minimum absolute atomic E-state index is 0.0252. The zero-order chi connectivity index (χ0) is 19.6. The number of aromatic nitrogens is 2. The summed E-state index contributed by atoms with van der Waals surface area (Å²) in [5.74, 6) is -0.0983. The van der Waals surface area contributed by atoms with E-state index in [4.69, 9.17) is 0 Å². The van der Waals surface area contributed by atoms with Crippen molar-refractivity contribution in [1.82, 2.24) is 14.9 Å². The van der Waals surface area contributed by atoms with Gasteiger partial charge in [0.25, 0.3) is 0 Å². The van der Waals surface area contributed by atoms with Crippen molar-refractivity contribution in [3.63, 3.8) is 0 Å². The van der Waals surface area contributed by atoms with Crippen LogP contribution in [0, 0.1) is 5.92 Å². The van der Waals surface area contributed by atoms with Crippen LogP contribution in [0.1, 0.15) is 32.4 Å². The smallest absolute Gasteiger partial charge is 0.351 e. The van der Waals surface area contributed by atoms with Crippen LogP contribution in [0.2, 0.25) is 0 Å². The molecule has 0 spiro atoms. The van der Waals surface area contributed by atoms with Crippen molar-refractivity contribution < 1.29 is 18.0 Å². The van der Waals surface area contributed by atoms with Crippen LogP contribution in [0.5, 0.6) is 0 Å². The molecule has 0 atom stereocenters. The molecule has 5 nitrogen and oxygen atoms in total. The molecule has 0 N–H and O–H groups in total. The van der Waals surface area contributed by atoms with Crippen LogP contribution >= 0.6 is 0 Å². The molecule has 27 heavy (non-hydrogen) atoms. The quantitative estimate of drug-likeness (QED) is 0.811. The van der Waals surface area contributed by atoms with Gasteiger partial charge in [0.1, 0.15) is 0 Å². The molecule has 2 heterocycles. The highest BCUT2D eigenvalue weighted by Gasteiger charge is 2.39. The lowest BCUT2D eigenvalue weighted by Crippen LogP contribution is -2.51. The van der Waals surface area contributed by atoms with Crippen LogP contribution in [0.25, 0.3) is 11.0 Å². The minimum atomic E-state index is -4.59. The Morgan fingerprint density at radius 1 is 1.04 bits per heavy atom. The fourth-order valence-electron chi connectivity index (χ4n) is 3.44. The minimum Gasteiger partial charge on any atom is -0.351 e. The molecule has 2 aromatic rings. The first-order chi connectivity index (χ1) is 12.8. The van der Waals surface area contributed by atoms with E-state index in [1.807, 2.05) is 13.8 Å². The maximum atomic E-state index is 13.5. The van der Waals surface area contributed by atoms with Gasteiger partial charge in [0.2, 0.25) is 5.91 Å². The summed E-state index contributed by atoms with van der Waals surface area (Å²) in [6.07, 6.45) is -3.05. The number of benzene rings is 1. The van der Waals surface area contributed by atoms with Gasteiger partial charge >= 0.3 is 6.18 Å². The highest BCUT2D eigenvalue weighted by Crippen LogP contribution is 2.35. The third-order valence-electron chi connectivity index (χ3n) is 5.05. The van der Waals surface area contributed by atoms with E-state index in [2.05, 4.69) is 9.97 Å². The van der Waals surface area contributed by atoms with Crippen LogP contribution < -0.4 is 4.90 Å². The van der Waals surface area contributed by atoms with Crippen molar-refractivity contribution in [1.29, 1.82) is 0 Å². The molecule has 0 unspecified atom stereocenters. The molecular formula is C19H23F3N4O. The van der Waals surface area contributed by atoms with E-state index in [-0.39, 0.29) is 23.2 Å². The van der Waals surface area contributed by atoms with Crippen molar-refractivity contribution >= 4 is 22.8 Å². The van der Waals surface area contributed by atoms with Gasteiger partial charge in [0, 0.05) is 32.1 Å². The molecule has 146 valence electrons. The van der Waals surface area contributed by atoms with E-state index < -0.39 is 11.9 Å². The summed E-state index contributed by atoms with van der Waals surface area (Å²) in [5, 5.41) is 0. The number of amides is 1. The molecule has 0 aliphatic carbocycles. The SMILES string of the molecule is CCC(CC)C(=O)N1CCN(c2nc3ccccc3nc2C(F)(F)F)CC1. The lowest BCUT2D eigenvalue weighted by Gasteiger charge is -2.37. The Balaban J connectivity index is 1.85. The van der Waals surface area contributed by atoms with Crippen LogP contribution in [0.4, 0.5) is 19.0 Å². The van der Waals surface area contributed by atoms with Gasteiger partial charge in [-0.15, -0.1) is 0 Å². The van der Waals surface area contributed by atoms with Crippen molar-refractivity contribution in [3.05, 3.63) is 30.0 Å². The van der Waals surface area contributed by atoms with E-state index >= 15 is 0 Å². The van der Waals surface area contributed by atoms with E-state index in [0.717, 1.165) is 12.8 Å². The number of para-hydroxylation sites is 2. The van der Waals surface area contributed by atoms with Gasteiger partial charge in [-0.3, -0.25) is 4.79 Å².